The minimum absolute atomic E-state index is 0.305. The lowest BCUT2D eigenvalue weighted by Crippen LogP contribution is -2.14. The first-order chi connectivity index (χ1) is 7.49. The molecule has 0 amide bonds. The molecule has 1 heterocycles. The van der Waals surface area contributed by atoms with Gasteiger partial charge in [-0.2, -0.15) is 0 Å². The average Bonchev–Trinajstić information content (AvgIpc) is 2.16. The summed E-state index contributed by atoms with van der Waals surface area (Å²) in [6.45, 7) is 2.76. The molecule has 0 atom stereocenters. The highest BCUT2D eigenvalue weighted by molar-refractivity contribution is 7.99. The average molecular weight is 240 g/mol. The van der Waals surface area contributed by atoms with E-state index in [0.29, 0.717) is 5.56 Å². The molecule has 1 N–H and O–H groups in total. The van der Waals surface area contributed by atoms with E-state index in [2.05, 4.69) is 9.88 Å². The fourth-order valence-electron chi connectivity index (χ4n) is 1.17. The predicted molar refractivity (Wildman–Crippen MR) is 65.2 cm³/mol. The topological polar surface area (TPSA) is 53.4 Å². The van der Waals surface area contributed by atoms with Crippen molar-refractivity contribution in [2.75, 3.05) is 26.4 Å². The molecule has 1 aromatic heterocycles. The van der Waals surface area contributed by atoms with E-state index in [1.165, 1.54) is 0 Å². The monoisotopic (exact) mass is 240 g/mol. The molecule has 1 aromatic rings. The van der Waals surface area contributed by atoms with E-state index in [9.17, 15) is 4.79 Å². The van der Waals surface area contributed by atoms with Gasteiger partial charge in [0.2, 0.25) is 0 Å². The van der Waals surface area contributed by atoms with Crippen LogP contribution in [-0.2, 0) is 0 Å². The lowest BCUT2D eigenvalue weighted by molar-refractivity contribution is 0.0696. The number of hydrogen-bond donors (Lipinski definition) is 1. The molecule has 0 unspecified atom stereocenters. The van der Waals surface area contributed by atoms with Gasteiger partial charge in [0.05, 0.1) is 10.6 Å². The summed E-state index contributed by atoms with van der Waals surface area (Å²) < 4.78 is 0. The number of aromatic carboxylic acids is 1. The lowest BCUT2D eigenvalue weighted by Gasteiger charge is -2.08. The Hall–Kier alpha value is -1.07. The Morgan fingerprint density at radius 2 is 2.19 bits per heavy atom. The number of nitrogens with zero attached hydrogens (tertiary/aromatic N) is 2. The van der Waals surface area contributed by atoms with Gasteiger partial charge < -0.3 is 10.0 Å². The number of carboxylic acid groups (broad SMARTS) is 1. The van der Waals surface area contributed by atoms with Crippen molar-refractivity contribution in [2.24, 2.45) is 0 Å². The molecular weight excluding hydrogens is 224 g/mol. The highest BCUT2D eigenvalue weighted by atomic mass is 32.2. The number of thioether (sulfide) groups is 1. The Morgan fingerprint density at radius 1 is 1.50 bits per heavy atom. The number of pyridine rings is 1. The molecule has 0 fully saturated rings. The van der Waals surface area contributed by atoms with E-state index in [-0.39, 0.29) is 0 Å². The largest absolute Gasteiger partial charge is 0.478 e. The molecule has 0 saturated carbocycles. The first-order valence-electron chi connectivity index (χ1n) is 4.98. The maximum atomic E-state index is 10.8. The highest BCUT2D eigenvalue weighted by Gasteiger charge is 2.06. The van der Waals surface area contributed by atoms with Crippen LogP contribution in [0.4, 0.5) is 0 Å². The molecule has 1 rings (SSSR count). The Labute approximate surface area is 99.7 Å². The minimum Gasteiger partial charge on any atom is -0.478 e. The van der Waals surface area contributed by atoms with Crippen molar-refractivity contribution in [3.63, 3.8) is 0 Å². The second-order valence-electron chi connectivity index (χ2n) is 3.79. The van der Waals surface area contributed by atoms with E-state index in [0.717, 1.165) is 23.0 Å². The van der Waals surface area contributed by atoms with Gasteiger partial charge in [-0.05, 0) is 33.2 Å². The van der Waals surface area contributed by atoms with E-state index in [4.69, 9.17) is 5.11 Å². The summed E-state index contributed by atoms with van der Waals surface area (Å²) >= 11 is 1.58. The van der Waals surface area contributed by atoms with Crippen molar-refractivity contribution in [3.8, 4) is 0 Å². The molecule has 0 aromatic carbocycles. The van der Waals surface area contributed by atoms with Crippen molar-refractivity contribution in [3.05, 3.63) is 23.4 Å². The van der Waals surface area contributed by atoms with Crippen LogP contribution >= 0.6 is 11.8 Å². The number of rotatable bonds is 5. The van der Waals surface area contributed by atoms with Gasteiger partial charge in [-0.1, -0.05) is 0 Å². The molecule has 0 spiro atoms. The van der Waals surface area contributed by atoms with Gasteiger partial charge in [0.15, 0.2) is 0 Å². The number of aromatic nitrogens is 1. The fraction of sp³-hybridized carbons (Fsp3) is 0.455. The van der Waals surface area contributed by atoms with Crippen molar-refractivity contribution >= 4 is 17.7 Å². The Balaban J connectivity index is 2.69. The van der Waals surface area contributed by atoms with Gasteiger partial charge in [-0.15, -0.1) is 11.8 Å². The second kappa shape index (κ2) is 5.86. The summed E-state index contributed by atoms with van der Waals surface area (Å²) in [5.74, 6) is 0.00246. The maximum absolute atomic E-state index is 10.8. The summed E-state index contributed by atoms with van der Waals surface area (Å²) in [5, 5.41) is 9.68. The maximum Gasteiger partial charge on any atom is 0.335 e. The molecule has 0 aliphatic rings. The van der Waals surface area contributed by atoms with E-state index in [1.54, 1.807) is 23.9 Å². The van der Waals surface area contributed by atoms with Crippen LogP contribution in [0, 0.1) is 6.92 Å². The lowest BCUT2D eigenvalue weighted by atomic mass is 10.2. The first-order valence-corrected chi connectivity index (χ1v) is 5.97. The van der Waals surface area contributed by atoms with Crippen LogP contribution in [0.25, 0.3) is 0 Å². The van der Waals surface area contributed by atoms with Crippen LogP contribution < -0.4 is 0 Å². The zero-order valence-electron chi connectivity index (χ0n) is 9.73. The van der Waals surface area contributed by atoms with Crippen LogP contribution in [0.1, 0.15) is 16.1 Å². The molecule has 0 saturated heterocycles. The van der Waals surface area contributed by atoms with Crippen molar-refractivity contribution in [1.29, 1.82) is 0 Å². The molecule has 5 heteroatoms. The fourth-order valence-corrected chi connectivity index (χ4v) is 2.25. The zero-order valence-corrected chi connectivity index (χ0v) is 10.5. The van der Waals surface area contributed by atoms with Crippen LogP contribution in [-0.4, -0.2) is 47.4 Å². The summed E-state index contributed by atoms with van der Waals surface area (Å²) in [6, 6.07) is 3.20. The highest BCUT2D eigenvalue weighted by Crippen LogP contribution is 2.17. The SMILES string of the molecule is Cc1cc(C(=O)O)cc(SCCN(C)C)n1. The second-order valence-corrected chi connectivity index (χ2v) is 4.91. The van der Waals surface area contributed by atoms with Gasteiger partial charge in [0, 0.05) is 18.0 Å². The van der Waals surface area contributed by atoms with E-state index < -0.39 is 5.97 Å². The standard InChI is InChI=1S/C11H16N2O2S/c1-8-6-9(11(14)15)7-10(12-8)16-5-4-13(2)3/h6-7H,4-5H2,1-3H3,(H,14,15). The van der Waals surface area contributed by atoms with E-state index >= 15 is 0 Å². The number of hydrogen-bond acceptors (Lipinski definition) is 4. The Kier molecular flexibility index (Phi) is 4.76. The van der Waals surface area contributed by atoms with Gasteiger partial charge in [0.1, 0.15) is 0 Å². The normalized spacial score (nSPS) is 10.8. The third-order valence-corrected chi connectivity index (χ3v) is 2.86. The summed E-state index contributed by atoms with van der Waals surface area (Å²) in [5.41, 5.74) is 1.05. The van der Waals surface area contributed by atoms with Gasteiger partial charge in [-0.25, -0.2) is 9.78 Å². The Morgan fingerprint density at radius 3 is 2.75 bits per heavy atom. The molecule has 4 nitrogen and oxygen atoms in total. The molecule has 0 aliphatic carbocycles. The molecule has 0 bridgehead atoms. The van der Waals surface area contributed by atoms with E-state index in [1.807, 2.05) is 21.0 Å². The number of aryl methyl sites for hydroxylation is 1. The van der Waals surface area contributed by atoms with Crippen LogP contribution in [0.5, 0.6) is 0 Å². The van der Waals surface area contributed by atoms with Gasteiger partial charge in [0.25, 0.3) is 0 Å². The Bertz CT molecular complexity index is 380. The molecular formula is C11H16N2O2S. The predicted octanol–water partition coefficient (Wildman–Crippen LogP) is 1.74. The minimum atomic E-state index is -0.903. The van der Waals surface area contributed by atoms with Crippen molar-refractivity contribution in [2.45, 2.75) is 11.9 Å². The van der Waals surface area contributed by atoms with Crippen LogP contribution in [0.2, 0.25) is 0 Å². The third kappa shape index (κ3) is 4.20. The summed E-state index contributed by atoms with van der Waals surface area (Å²) in [4.78, 5) is 17.2. The number of carbonyl (C=O) groups is 1. The third-order valence-electron chi connectivity index (χ3n) is 1.97. The molecule has 88 valence electrons. The smallest absolute Gasteiger partial charge is 0.335 e. The first kappa shape index (κ1) is 13.0. The quantitative estimate of drug-likeness (QED) is 0.794. The molecule has 0 radical (unpaired) electrons. The zero-order chi connectivity index (χ0) is 12.1. The van der Waals surface area contributed by atoms with Gasteiger partial charge in [-0.3, -0.25) is 0 Å². The summed E-state index contributed by atoms with van der Waals surface area (Å²) in [7, 11) is 4.01. The molecule has 16 heavy (non-hydrogen) atoms. The number of carboxylic acids is 1. The van der Waals surface area contributed by atoms with Crippen molar-refractivity contribution in [1.82, 2.24) is 9.88 Å². The van der Waals surface area contributed by atoms with Gasteiger partial charge >= 0.3 is 5.97 Å². The summed E-state index contributed by atoms with van der Waals surface area (Å²) in [6.07, 6.45) is 0. The molecule has 0 aliphatic heterocycles. The van der Waals surface area contributed by atoms with Crippen LogP contribution in [0.15, 0.2) is 17.2 Å². The van der Waals surface area contributed by atoms with Crippen LogP contribution in [0.3, 0.4) is 0 Å². The van der Waals surface area contributed by atoms with Crippen molar-refractivity contribution < 1.29 is 9.90 Å².